The van der Waals surface area contributed by atoms with Crippen molar-refractivity contribution in [1.82, 2.24) is 5.32 Å². The molecule has 2 aromatic rings. The van der Waals surface area contributed by atoms with Crippen molar-refractivity contribution in [1.29, 1.82) is 0 Å². The van der Waals surface area contributed by atoms with E-state index in [4.69, 9.17) is 34.8 Å². The molecule has 1 heterocycles. The van der Waals surface area contributed by atoms with Gasteiger partial charge in [-0.2, -0.15) is 5.10 Å². The largest absolute Gasteiger partial charge is 0.391 e. The lowest BCUT2D eigenvalue weighted by atomic mass is 9.92. The topological polar surface area (TPSA) is 64.9 Å². The summed E-state index contributed by atoms with van der Waals surface area (Å²) >= 11 is 18.5. The zero-order valence-corrected chi connectivity index (χ0v) is 18.5. The monoisotopic (exact) mass is 465 g/mol. The Morgan fingerprint density at radius 1 is 1.03 bits per heavy atom. The number of nitrogens with one attached hydrogen (secondary N) is 1. The highest BCUT2D eigenvalue weighted by atomic mass is 35.5. The number of nitrogens with zero attached hydrogens (tertiary/aromatic N) is 2. The molecule has 0 saturated heterocycles. The van der Waals surface area contributed by atoms with Crippen LogP contribution in [0, 0.1) is 0 Å². The summed E-state index contributed by atoms with van der Waals surface area (Å²) in [4.78, 5) is 13.0. The number of carbonyl (C=O) groups is 1. The van der Waals surface area contributed by atoms with Crippen LogP contribution in [0.25, 0.3) is 0 Å². The Morgan fingerprint density at radius 2 is 1.73 bits per heavy atom. The molecular weight excluding hydrogens is 445 g/mol. The zero-order chi connectivity index (χ0) is 21.3. The van der Waals surface area contributed by atoms with E-state index in [1.165, 1.54) is 0 Å². The second kappa shape index (κ2) is 9.15. The Morgan fingerprint density at radius 3 is 2.43 bits per heavy atom. The van der Waals surface area contributed by atoms with Gasteiger partial charge in [-0.3, -0.25) is 9.80 Å². The molecule has 2 aromatic carbocycles. The summed E-state index contributed by atoms with van der Waals surface area (Å²) < 4.78 is 0. The third kappa shape index (κ3) is 4.59. The van der Waals surface area contributed by atoms with E-state index in [9.17, 15) is 9.90 Å². The normalized spacial score (nSPS) is 23.9. The number of aliphatic hydroxyl groups is 1. The molecule has 30 heavy (non-hydrogen) atoms. The predicted octanol–water partition coefficient (Wildman–Crippen LogP) is 5.37. The average Bonchev–Trinajstić information content (AvgIpc) is 3.15. The molecular formula is C22H22Cl3N3O2. The number of hydrogen-bond donors (Lipinski definition) is 2. The van der Waals surface area contributed by atoms with Gasteiger partial charge in [0.25, 0.3) is 5.91 Å². The average molecular weight is 467 g/mol. The van der Waals surface area contributed by atoms with Gasteiger partial charge in [-0.05, 0) is 48.7 Å². The van der Waals surface area contributed by atoms with E-state index in [0.29, 0.717) is 39.3 Å². The predicted molar refractivity (Wildman–Crippen MR) is 122 cm³/mol. The first kappa shape index (κ1) is 21.4. The summed E-state index contributed by atoms with van der Waals surface area (Å²) in [5.74, 6) is -0.257. The minimum atomic E-state index is -0.515. The number of hydrazone groups is 1. The highest BCUT2D eigenvalue weighted by Crippen LogP contribution is 2.40. The van der Waals surface area contributed by atoms with Gasteiger partial charge in [0.1, 0.15) is 5.71 Å². The first-order valence-corrected chi connectivity index (χ1v) is 11.1. The van der Waals surface area contributed by atoms with E-state index in [2.05, 4.69) is 10.4 Å². The number of anilines is 1. The van der Waals surface area contributed by atoms with Crippen molar-refractivity contribution in [2.75, 3.05) is 5.01 Å². The number of hydrogen-bond acceptors (Lipinski definition) is 4. The van der Waals surface area contributed by atoms with Crippen molar-refractivity contribution < 1.29 is 9.90 Å². The number of amides is 1. The number of rotatable bonds is 4. The maximum atomic E-state index is 13.0. The molecule has 158 valence electrons. The fourth-order valence-corrected chi connectivity index (χ4v) is 4.63. The van der Waals surface area contributed by atoms with E-state index in [1.807, 2.05) is 24.3 Å². The maximum Gasteiger partial charge on any atom is 0.267 e. The van der Waals surface area contributed by atoms with E-state index < -0.39 is 6.10 Å². The van der Waals surface area contributed by atoms with Crippen LogP contribution in [0.1, 0.15) is 43.7 Å². The molecule has 2 N–H and O–H groups in total. The van der Waals surface area contributed by atoms with Crippen LogP contribution in [0.5, 0.6) is 0 Å². The molecule has 1 saturated carbocycles. The quantitative estimate of drug-likeness (QED) is 0.636. The number of halogens is 3. The van der Waals surface area contributed by atoms with Crippen LogP contribution < -0.4 is 10.3 Å². The van der Waals surface area contributed by atoms with Gasteiger partial charge in [-0.25, -0.2) is 0 Å². The van der Waals surface area contributed by atoms with Crippen molar-refractivity contribution in [2.24, 2.45) is 5.10 Å². The maximum absolute atomic E-state index is 13.0. The summed E-state index contributed by atoms with van der Waals surface area (Å²) in [6, 6.07) is 12.2. The fraction of sp³-hybridized carbons (Fsp3) is 0.364. The van der Waals surface area contributed by atoms with E-state index in [1.54, 1.807) is 23.2 Å². The van der Waals surface area contributed by atoms with Gasteiger partial charge in [0.05, 0.1) is 28.9 Å². The number of carbonyl (C=O) groups excluding carboxylic acids is 1. The van der Waals surface area contributed by atoms with E-state index >= 15 is 0 Å². The van der Waals surface area contributed by atoms with Crippen molar-refractivity contribution >= 4 is 52.1 Å². The van der Waals surface area contributed by atoms with Crippen LogP contribution in [-0.4, -0.2) is 28.9 Å². The molecule has 0 spiro atoms. The molecule has 1 aliphatic carbocycles. The lowest BCUT2D eigenvalue weighted by Crippen LogP contribution is -2.47. The fourth-order valence-electron chi connectivity index (χ4n) is 4.01. The van der Waals surface area contributed by atoms with Gasteiger partial charge in [0.15, 0.2) is 0 Å². The lowest BCUT2D eigenvalue weighted by molar-refractivity contribution is -0.116. The van der Waals surface area contributed by atoms with Gasteiger partial charge in [-0.1, -0.05) is 59.8 Å². The van der Waals surface area contributed by atoms with Crippen molar-refractivity contribution in [3.63, 3.8) is 0 Å². The smallest absolute Gasteiger partial charge is 0.267 e. The number of benzene rings is 2. The molecule has 5 nitrogen and oxygen atoms in total. The first-order valence-electron chi connectivity index (χ1n) is 9.98. The Bertz CT molecular complexity index is 965. The summed E-state index contributed by atoms with van der Waals surface area (Å²) in [5, 5.41) is 21.2. The lowest BCUT2D eigenvalue weighted by Gasteiger charge is -2.28. The Labute approximate surface area is 190 Å². The van der Waals surface area contributed by atoms with Crippen LogP contribution in [-0.2, 0) is 4.79 Å². The summed E-state index contributed by atoms with van der Waals surface area (Å²) in [6.07, 6.45) is 3.35. The minimum Gasteiger partial charge on any atom is -0.391 e. The van der Waals surface area contributed by atoms with Crippen molar-refractivity contribution in [2.45, 2.75) is 50.3 Å². The molecule has 0 radical (unpaired) electrons. The summed E-state index contributed by atoms with van der Waals surface area (Å²) in [5.41, 5.74) is 2.04. The van der Waals surface area contributed by atoms with Crippen LogP contribution in [0.15, 0.2) is 47.6 Å². The van der Waals surface area contributed by atoms with Gasteiger partial charge in [0.2, 0.25) is 0 Å². The molecule has 8 heteroatoms. The summed E-state index contributed by atoms with van der Waals surface area (Å²) in [6.45, 7) is 0. The van der Waals surface area contributed by atoms with E-state index in [0.717, 1.165) is 24.8 Å². The second-order valence-corrected chi connectivity index (χ2v) is 8.97. The molecule has 0 bridgehead atoms. The van der Waals surface area contributed by atoms with Gasteiger partial charge < -0.3 is 10.4 Å². The summed E-state index contributed by atoms with van der Waals surface area (Å²) in [7, 11) is 0. The molecule has 3 atom stereocenters. The molecule has 1 aliphatic heterocycles. The van der Waals surface area contributed by atoms with Crippen LogP contribution in [0.2, 0.25) is 15.1 Å². The molecule has 1 fully saturated rings. The third-order valence-corrected chi connectivity index (χ3v) is 6.42. The van der Waals surface area contributed by atoms with Gasteiger partial charge in [-0.15, -0.1) is 0 Å². The molecule has 2 aliphatic rings. The van der Waals surface area contributed by atoms with Gasteiger partial charge in [0, 0.05) is 16.5 Å². The Balaban J connectivity index is 1.63. The Hall–Kier alpha value is -1.79. The zero-order valence-electron chi connectivity index (χ0n) is 16.2. The molecule has 4 rings (SSSR count). The first-order chi connectivity index (χ1) is 14.4. The second-order valence-electron chi connectivity index (χ2n) is 7.69. The SMILES string of the molecule is O=C(N[C@@H]1CCCC[C@H]1O)C1=NN(c2ccc(Cl)cc2Cl)[C@H](c2ccc(Cl)cc2)C1. The van der Waals surface area contributed by atoms with Crippen LogP contribution in [0.3, 0.4) is 0 Å². The van der Waals surface area contributed by atoms with E-state index in [-0.39, 0.29) is 18.0 Å². The van der Waals surface area contributed by atoms with Crippen LogP contribution >= 0.6 is 34.8 Å². The standard InChI is InChI=1S/C22H22Cl3N3O2/c23-14-7-5-13(6-8-14)20-12-18(22(30)26-17-3-1-2-4-21(17)29)27-28(20)19-10-9-15(24)11-16(19)25/h5-11,17,20-21,29H,1-4,12H2,(H,26,30)/t17-,20+,21-/m1/s1. The molecule has 0 unspecified atom stereocenters. The molecule has 1 amide bonds. The van der Waals surface area contributed by atoms with Crippen molar-refractivity contribution in [3.05, 3.63) is 63.1 Å². The number of aliphatic hydroxyl groups excluding tert-OH is 1. The Kier molecular flexibility index (Phi) is 6.54. The van der Waals surface area contributed by atoms with Gasteiger partial charge >= 0.3 is 0 Å². The highest BCUT2D eigenvalue weighted by Gasteiger charge is 2.35. The van der Waals surface area contributed by atoms with Crippen LogP contribution in [0.4, 0.5) is 5.69 Å². The highest BCUT2D eigenvalue weighted by molar-refractivity contribution is 6.40. The van der Waals surface area contributed by atoms with Crippen molar-refractivity contribution in [3.8, 4) is 0 Å². The minimum absolute atomic E-state index is 0.210. The molecule has 0 aromatic heterocycles. The third-order valence-electron chi connectivity index (χ3n) is 5.63.